The molecule has 0 radical (unpaired) electrons. The molecule has 4 rings (SSSR count). The van der Waals surface area contributed by atoms with E-state index >= 15 is 0 Å². The van der Waals surface area contributed by atoms with Crippen molar-refractivity contribution in [1.82, 2.24) is 9.97 Å². The summed E-state index contributed by atoms with van der Waals surface area (Å²) >= 11 is 0. The predicted molar refractivity (Wildman–Crippen MR) is 115 cm³/mol. The second-order valence-corrected chi connectivity index (χ2v) is 7.34. The van der Waals surface area contributed by atoms with Crippen molar-refractivity contribution in [3.05, 3.63) is 65.5 Å². The number of aromatic nitrogens is 2. The van der Waals surface area contributed by atoms with Gasteiger partial charge in [0.1, 0.15) is 5.75 Å². The molecule has 0 saturated heterocycles. The standard InChI is InChI=1S/C23H22N4O3/c1-13-5-4-6-15(7-13)23-24-11-16(12-25-23)17-9-22(29)27-19-10-21(30-3)20(8-18(17)19)26-14(2)28/h4-8,10-12,17H,9H2,1-3H3,(H,26,28)(H,27,29). The molecule has 1 aliphatic rings. The van der Waals surface area contributed by atoms with E-state index in [0.717, 1.165) is 22.3 Å². The Hall–Kier alpha value is -3.74. The molecule has 0 spiro atoms. The first-order valence-electron chi connectivity index (χ1n) is 9.63. The minimum Gasteiger partial charge on any atom is -0.494 e. The highest BCUT2D eigenvalue weighted by atomic mass is 16.5. The largest absolute Gasteiger partial charge is 0.494 e. The minimum absolute atomic E-state index is 0.0930. The smallest absolute Gasteiger partial charge is 0.225 e. The second-order valence-electron chi connectivity index (χ2n) is 7.34. The zero-order valence-corrected chi connectivity index (χ0v) is 17.0. The maximum Gasteiger partial charge on any atom is 0.225 e. The van der Waals surface area contributed by atoms with Crippen molar-refractivity contribution in [3.8, 4) is 17.1 Å². The quantitative estimate of drug-likeness (QED) is 0.691. The highest BCUT2D eigenvalue weighted by Crippen LogP contribution is 2.42. The molecule has 3 aromatic rings. The van der Waals surface area contributed by atoms with Gasteiger partial charge in [0, 0.05) is 49.0 Å². The number of nitrogens with one attached hydrogen (secondary N) is 2. The van der Waals surface area contributed by atoms with Crippen LogP contribution in [0.3, 0.4) is 0 Å². The maximum absolute atomic E-state index is 12.3. The Balaban J connectivity index is 1.73. The molecule has 0 bridgehead atoms. The van der Waals surface area contributed by atoms with Gasteiger partial charge in [-0.2, -0.15) is 0 Å². The Labute approximate surface area is 174 Å². The van der Waals surface area contributed by atoms with Crippen LogP contribution in [0.2, 0.25) is 0 Å². The number of anilines is 2. The normalized spacial score (nSPS) is 15.2. The van der Waals surface area contributed by atoms with E-state index in [4.69, 9.17) is 4.74 Å². The first-order valence-corrected chi connectivity index (χ1v) is 9.63. The molecule has 7 nitrogen and oxygen atoms in total. The summed E-state index contributed by atoms with van der Waals surface area (Å²) in [5.41, 5.74) is 5.01. The zero-order chi connectivity index (χ0) is 21.3. The third-order valence-corrected chi connectivity index (χ3v) is 5.07. The number of hydrogen-bond donors (Lipinski definition) is 2. The van der Waals surface area contributed by atoms with Gasteiger partial charge >= 0.3 is 0 Å². The SMILES string of the molecule is COc1cc2c(cc1NC(C)=O)C(c1cnc(-c3cccc(C)c3)nc1)CC(=O)N2. The van der Waals surface area contributed by atoms with E-state index in [0.29, 0.717) is 22.9 Å². The summed E-state index contributed by atoms with van der Waals surface area (Å²) in [7, 11) is 1.52. The molecule has 30 heavy (non-hydrogen) atoms. The number of aryl methyl sites for hydroxylation is 1. The summed E-state index contributed by atoms with van der Waals surface area (Å²) in [5, 5.41) is 5.67. The summed E-state index contributed by atoms with van der Waals surface area (Å²) in [5.74, 6) is 0.603. The highest BCUT2D eigenvalue weighted by molar-refractivity contribution is 5.98. The van der Waals surface area contributed by atoms with E-state index in [1.165, 1.54) is 14.0 Å². The first kappa shape index (κ1) is 19.6. The Morgan fingerprint density at radius 2 is 1.97 bits per heavy atom. The van der Waals surface area contributed by atoms with Gasteiger partial charge in [0.05, 0.1) is 12.8 Å². The number of fused-ring (bicyclic) bond motifs is 1. The van der Waals surface area contributed by atoms with Crippen molar-refractivity contribution in [1.29, 1.82) is 0 Å². The van der Waals surface area contributed by atoms with E-state index in [9.17, 15) is 9.59 Å². The minimum atomic E-state index is -0.223. The number of amides is 2. The van der Waals surface area contributed by atoms with Crippen molar-refractivity contribution in [2.75, 3.05) is 17.7 Å². The molecule has 2 N–H and O–H groups in total. The fourth-order valence-corrected chi connectivity index (χ4v) is 3.69. The number of carbonyl (C=O) groups excluding carboxylic acids is 2. The number of ether oxygens (including phenoxy) is 1. The number of benzene rings is 2. The zero-order valence-electron chi connectivity index (χ0n) is 17.0. The Morgan fingerprint density at radius 1 is 1.20 bits per heavy atom. The molecule has 1 atom stereocenters. The Kier molecular flexibility index (Phi) is 5.18. The fraction of sp³-hybridized carbons (Fsp3) is 0.217. The highest BCUT2D eigenvalue weighted by Gasteiger charge is 2.29. The van der Waals surface area contributed by atoms with Crippen molar-refractivity contribution in [2.45, 2.75) is 26.2 Å². The van der Waals surface area contributed by atoms with Crippen molar-refractivity contribution in [3.63, 3.8) is 0 Å². The van der Waals surface area contributed by atoms with Gasteiger partial charge in [-0.15, -0.1) is 0 Å². The summed E-state index contributed by atoms with van der Waals surface area (Å²) in [4.78, 5) is 33.0. The topological polar surface area (TPSA) is 93.2 Å². The molecule has 152 valence electrons. The van der Waals surface area contributed by atoms with Crippen LogP contribution in [-0.2, 0) is 9.59 Å². The molecule has 0 saturated carbocycles. The van der Waals surface area contributed by atoms with Gasteiger partial charge in [0.2, 0.25) is 11.8 Å². The molecule has 1 aromatic heterocycles. The molecule has 0 aliphatic carbocycles. The molecule has 1 unspecified atom stereocenters. The van der Waals surface area contributed by atoms with Crippen LogP contribution in [0.5, 0.6) is 5.75 Å². The number of carbonyl (C=O) groups is 2. The molecule has 0 fully saturated rings. The van der Waals surface area contributed by atoms with Crippen LogP contribution in [0.15, 0.2) is 48.8 Å². The van der Waals surface area contributed by atoms with E-state index in [2.05, 4.69) is 20.6 Å². The fourth-order valence-electron chi connectivity index (χ4n) is 3.69. The molecule has 2 amide bonds. The van der Waals surface area contributed by atoms with Crippen LogP contribution in [0.25, 0.3) is 11.4 Å². The van der Waals surface area contributed by atoms with E-state index in [1.807, 2.05) is 37.3 Å². The molecular formula is C23H22N4O3. The monoisotopic (exact) mass is 402 g/mol. The second kappa shape index (κ2) is 7.94. The number of hydrogen-bond acceptors (Lipinski definition) is 5. The van der Waals surface area contributed by atoms with Gasteiger partial charge in [0.25, 0.3) is 0 Å². The van der Waals surface area contributed by atoms with Crippen LogP contribution in [0.4, 0.5) is 11.4 Å². The van der Waals surface area contributed by atoms with E-state index in [1.54, 1.807) is 18.5 Å². The summed E-state index contributed by atoms with van der Waals surface area (Å²) < 4.78 is 5.37. The predicted octanol–water partition coefficient (Wildman–Crippen LogP) is 3.89. The lowest BCUT2D eigenvalue weighted by Gasteiger charge is -2.27. The number of nitrogens with zero attached hydrogens (tertiary/aromatic N) is 2. The van der Waals surface area contributed by atoms with Crippen LogP contribution in [0, 0.1) is 6.92 Å². The van der Waals surface area contributed by atoms with Crippen molar-refractivity contribution in [2.24, 2.45) is 0 Å². The lowest BCUT2D eigenvalue weighted by atomic mass is 9.85. The van der Waals surface area contributed by atoms with Crippen molar-refractivity contribution < 1.29 is 14.3 Å². The number of rotatable bonds is 4. The Bertz CT molecular complexity index is 1130. The summed E-state index contributed by atoms with van der Waals surface area (Å²) in [6.07, 6.45) is 3.80. The van der Waals surface area contributed by atoms with Crippen molar-refractivity contribution >= 4 is 23.2 Å². The van der Waals surface area contributed by atoms with Crippen LogP contribution in [-0.4, -0.2) is 28.9 Å². The number of methoxy groups -OCH3 is 1. The van der Waals surface area contributed by atoms with Gasteiger partial charge in [-0.25, -0.2) is 9.97 Å². The molecule has 2 heterocycles. The van der Waals surface area contributed by atoms with Gasteiger partial charge < -0.3 is 15.4 Å². The van der Waals surface area contributed by atoms with E-state index in [-0.39, 0.29) is 24.2 Å². The van der Waals surface area contributed by atoms with Crippen LogP contribution < -0.4 is 15.4 Å². The first-order chi connectivity index (χ1) is 14.4. The molecule has 2 aromatic carbocycles. The lowest BCUT2D eigenvalue weighted by Crippen LogP contribution is -2.24. The molecular weight excluding hydrogens is 380 g/mol. The third-order valence-electron chi connectivity index (χ3n) is 5.07. The third kappa shape index (κ3) is 3.87. The summed E-state index contributed by atoms with van der Waals surface area (Å²) in [6, 6.07) is 11.6. The molecule has 7 heteroatoms. The molecule has 1 aliphatic heterocycles. The Morgan fingerprint density at radius 3 is 2.63 bits per heavy atom. The average Bonchev–Trinajstić information content (AvgIpc) is 2.73. The van der Waals surface area contributed by atoms with Gasteiger partial charge in [-0.1, -0.05) is 23.8 Å². The maximum atomic E-state index is 12.3. The van der Waals surface area contributed by atoms with E-state index < -0.39 is 0 Å². The summed E-state index contributed by atoms with van der Waals surface area (Å²) in [6.45, 7) is 3.46. The lowest BCUT2D eigenvalue weighted by molar-refractivity contribution is -0.117. The van der Waals surface area contributed by atoms with Gasteiger partial charge in [-0.05, 0) is 30.2 Å². The van der Waals surface area contributed by atoms with Gasteiger partial charge in [0.15, 0.2) is 5.82 Å². The van der Waals surface area contributed by atoms with Crippen LogP contribution >= 0.6 is 0 Å². The van der Waals surface area contributed by atoms with Crippen LogP contribution in [0.1, 0.15) is 36.0 Å². The van der Waals surface area contributed by atoms with Gasteiger partial charge in [-0.3, -0.25) is 9.59 Å². The average molecular weight is 402 g/mol.